The van der Waals surface area contributed by atoms with Crippen LogP contribution in [0.25, 0.3) is 0 Å². The zero-order valence-electron chi connectivity index (χ0n) is 10.9. The van der Waals surface area contributed by atoms with Gasteiger partial charge in [-0.2, -0.15) is 0 Å². The van der Waals surface area contributed by atoms with Crippen molar-refractivity contribution in [1.82, 2.24) is 0 Å². The molecule has 0 radical (unpaired) electrons. The van der Waals surface area contributed by atoms with Crippen LogP contribution in [-0.4, -0.2) is 26.5 Å². The van der Waals surface area contributed by atoms with Crippen LogP contribution in [0.15, 0.2) is 41.3 Å². The number of hydrogen-bond acceptors (Lipinski definition) is 4. The number of nitrogens with zero attached hydrogens (tertiary/aromatic N) is 1. The summed E-state index contributed by atoms with van der Waals surface area (Å²) in [4.78, 5) is 11.4. The summed E-state index contributed by atoms with van der Waals surface area (Å²) < 4.78 is 26.2. The van der Waals surface area contributed by atoms with E-state index in [2.05, 4.69) is 0 Å². The van der Waals surface area contributed by atoms with Crippen molar-refractivity contribution in [3.05, 3.63) is 46.2 Å². The summed E-state index contributed by atoms with van der Waals surface area (Å²) in [5.74, 6) is -1.12. The SMILES string of the molecule is Cc1sc(C(=O)O)cc1S(=O)(=O)N(C)c1ccccc1. The van der Waals surface area contributed by atoms with E-state index in [0.717, 1.165) is 15.6 Å². The molecule has 7 heteroatoms. The average molecular weight is 311 g/mol. The molecule has 0 spiro atoms. The molecule has 5 nitrogen and oxygen atoms in total. The highest BCUT2D eigenvalue weighted by Crippen LogP contribution is 2.29. The third-order valence-electron chi connectivity index (χ3n) is 2.84. The van der Waals surface area contributed by atoms with E-state index in [9.17, 15) is 13.2 Å². The molecule has 1 heterocycles. The first-order chi connectivity index (χ1) is 9.34. The van der Waals surface area contributed by atoms with Crippen LogP contribution in [0.5, 0.6) is 0 Å². The van der Waals surface area contributed by atoms with Gasteiger partial charge in [-0.3, -0.25) is 4.31 Å². The summed E-state index contributed by atoms with van der Waals surface area (Å²) >= 11 is 0.957. The lowest BCUT2D eigenvalue weighted by molar-refractivity contribution is 0.0702. The maximum Gasteiger partial charge on any atom is 0.345 e. The van der Waals surface area contributed by atoms with Gasteiger partial charge >= 0.3 is 5.97 Å². The van der Waals surface area contributed by atoms with Gasteiger partial charge in [-0.1, -0.05) is 18.2 Å². The standard InChI is InChI=1S/C13H13NO4S2/c1-9-12(8-11(19-9)13(15)16)20(17,18)14(2)10-6-4-3-5-7-10/h3-8H,1-2H3,(H,15,16). The first kappa shape index (κ1) is 14.5. The van der Waals surface area contributed by atoms with Crippen molar-refractivity contribution in [1.29, 1.82) is 0 Å². The van der Waals surface area contributed by atoms with Crippen molar-refractivity contribution in [3.8, 4) is 0 Å². The van der Waals surface area contributed by atoms with Crippen LogP contribution < -0.4 is 4.31 Å². The Morgan fingerprint density at radius 3 is 2.35 bits per heavy atom. The smallest absolute Gasteiger partial charge is 0.345 e. The van der Waals surface area contributed by atoms with Gasteiger partial charge in [-0.05, 0) is 25.1 Å². The lowest BCUT2D eigenvalue weighted by atomic mass is 10.3. The number of aryl methyl sites for hydroxylation is 1. The Morgan fingerprint density at radius 2 is 1.85 bits per heavy atom. The Kier molecular flexibility index (Phi) is 3.82. The van der Waals surface area contributed by atoms with Gasteiger partial charge in [0.25, 0.3) is 10.0 Å². The summed E-state index contributed by atoms with van der Waals surface area (Å²) in [5, 5.41) is 8.95. The molecule has 1 aromatic heterocycles. The minimum Gasteiger partial charge on any atom is -0.477 e. The number of carboxylic acids is 1. The number of para-hydroxylation sites is 1. The third-order valence-corrected chi connectivity index (χ3v) is 5.92. The maximum atomic E-state index is 12.5. The molecule has 1 N–H and O–H groups in total. The quantitative estimate of drug-likeness (QED) is 0.941. The van der Waals surface area contributed by atoms with Crippen molar-refractivity contribution in [3.63, 3.8) is 0 Å². The zero-order chi connectivity index (χ0) is 14.9. The largest absolute Gasteiger partial charge is 0.477 e. The first-order valence-corrected chi connectivity index (χ1v) is 7.97. The van der Waals surface area contributed by atoms with Gasteiger partial charge < -0.3 is 5.11 Å². The van der Waals surface area contributed by atoms with Gasteiger partial charge in [-0.25, -0.2) is 13.2 Å². The van der Waals surface area contributed by atoms with Gasteiger partial charge in [0.2, 0.25) is 0 Å². The summed E-state index contributed by atoms with van der Waals surface area (Å²) in [6, 6.07) is 9.84. The van der Waals surface area contributed by atoms with E-state index in [4.69, 9.17) is 5.11 Å². The monoisotopic (exact) mass is 311 g/mol. The second-order valence-electron chi connectivity index (χ2n) is 4.14. The molecule has 0 aliphatic carbocycles. The number of benzene rings is 1. The predicted octanol–water partition coefficient (Wildman–Crippen LogP) is 2.58. The van der Waals surface area contributed by atoms with Crippen LogP contribution >= 0.6 is 11.3 Å². The highest BCUT2D eigenvalue weighted by Gasteiger charge is 2.26. The fourth-order valence-electron chi connectivity index (χ4n) is 1.75. The molecular formula is C13H13NO4S2. The highest BCUT2D eigenvalue weighted by atomic mass is 32.2. The van der Waals surface area contributed by atoms with E-state index in [1.165, 1.54) is 13.1 Å². The molecule has 106 valence electrons. The topological polar surface area (TPSA) is 74.7 Å². The van der Waals surface area contributed by atoms with Gasteiger partial charge in [0.15, 0.2) is 0 Å². The maximum absolute atomic E-state index is 12.5. The third kappa shape index (κ3) is 2.54. The van der Waals surface area contributed by atoms with E-state index in [-0.39, 0.29) is 9.77 Å². The molecule has 2 aromatic rings. The minimum absolute atomic E-state index is 0.0162. The molecule has 0 atom stereocenters. The summed E-state index contributed by atoms with van der Waals surface area (Å²) in [6.45, 7) is 1.60. The number of hydrogen-bond donors (Lipinski definition) is 1. The molecule has 0 bridgehead atoms. The highest BCUT2D eigenvalue weighted by molar-refractivity contribution is 7.93. The molecule has 1 aromatic carbocycles. The molecule has 0 saturated carbocycles. The summed E-state index contributed by atoms with van der Waals surface area (Å²) in [5.41, 5.74) is 0.523. The van der Waals surface area contributed by atoms with Crippen LogP contribution in [-0.2, 0) is 10.0 Å². The van der Waals surface area contributed by atoms with Crippen LogP contribution in [0.1, 0.15) is 14.5 Å². The van der Waals surface area contributed by atoms with Crippen LogP contribution in [0.3, 0.4) is 0 Å². The molecule has 0 fully saturated rings. The molecule has 2 rings (SSSR count). The Morgan fingerprint density at radius 1 is 1.25 bits per heavy atom. The molecule has 0 unspecified atom stereocenters. The van der Waals surface area contributed by atoms with E-state index in [1.54, 1.807) is 37.3 Å². The average Bonchev–Trinajstić information content (AvgIpc) is 2.82. The number of aromatic carboxylic acids is 1. The van der Waals surface area contributed by atoms with E-state index >= 15 is 0 Å². The van der Waals surface area contributed by atoms with Crippen molar-refractivity contribution < 1.29 is 18.3 Å². The summed E-state index contributed by atoms with van der Waals surface area (Å²) in [6.07, 6.45) is 0. The Balaban J connectivity index is 2.48. The van der Waals surface area contributed by atoms with Gasteiger partial charge in [-0.15, -0.1) is 11.3 Å². The second-order valence-corrected chi connectivity index (χ2v) is 7.34. The van der Waals surface area contributed by atoms with E-state index in [1.807, 2.05) is 0 Å². The zero-order valence-corrected chi connectivity index (χ0v) is 12.5. The molecular weight excluding hydrogens is 298 g/mol. The van der Waals surface area contributed by atoms with Crippen LogP contribution in [0.4, 0.5) is 5.69 Å². The number of sulfonamides is 1. The van der Waals surface area contributed by atoms with Crippen molar-refractivity contribution >= 4 is 33.0 Å². The predicted molar refractivity (Wildman–Crippen MR) is 78.0 cm³/mol. The van der Waals surface area contributed by atoms with Crippen LogP contribution in [0, 0.1) is 6.92 Å². The van der Waals surface area contributed by atoms with Gasteiger partial charge in [0, 0.05) is 11.9 Å². The molecule has 20 heavy (non-hydrogen) atoms. The van der Waals surface area contributed by atoms with Crippen LogP contribution in [0.2, 0.25) is 0 Å². The number of rotatable bonds is 4. The van der Waals surface area contributed by atoms with Crippen molar-refractivity contribution in [2.45, 2.75) is 11.8 Å². The normalized spacial score (nSPS) is 11.3. The van der Waals surface area contributed by atoms with E-state index < -0.39 is 16.0 Å². The van der Waals surface area contributed by atoms with Crippen molar-refractivity contribution in [2.24, 2.45) is 0 Å². The summed E-state index contributed by atoms with van der Waals surface area (Å²) in [7, 11) is -2.31. The number of carbonyl (C=O) groups is 1. The lowest BCUT2D eigenvalue weighted by Crippen LogP contribution is -2.26. The number of thiophene rings is 1. The van der Waals surface area contributed by atoms with E-state index in [0.29, 0.717) is 10.6 Å². The Hall–Kier alpha value is -1.86. The Labute approximate surface area is 121 Å². The Bertz CT molecular complexity index is 735. The fraction of sp³-hybridized carbons (Fsp3) is 0.154. The molecule has 0 aliphatic rings. The van der Waals surface area contributed by atoms with Crippen molar-refractivity contribution in [2.75, 3.05) is 11.4 Å². The number of anilines is 1. The lowest BCUT2D eigenvalue weighted by Gasteiger charge is -2.19. The molecule has 0 amide bonds. The second kappa shape index (κ2) is 5.26. The molecule has 0 aliphatic heterocycles. The van der Waals surface area contributed by atoms with Gasteiger partial charge in [0.1, 0.15) is 9.77 Å². The minimum atomic E-state index is -3.75. The van der Waals surface area contributed by atoms with Gasteiger partial charge in [0.05, 0.1) is 5.69 Å². The number of carboxylic acid groups (broad SMARTS) is 1. The molecule has 0 saturated heterocycles. The first-order valence-electron chi connectivity index (χ1n) is 5.71. The fourth-order valence-corrected chi connectivity index (χ4v) is 4.34.